The molecule has 0 aromatic carbocycles. The van der Waals surface area contributed by atoms with Gasteiger partial charge in [-0.25, -0.2) is 4.68 Å². The van der Waals surface area contributed by atoms with E-state index in [1.807, 2.05) is 27.7 Å². The summed E-state index contributed by atoms with van der Waals surface area (Å²) in [5.41, 5.74) is -1.94. The van der Waals surface area contributed by atoms with Gasteiger partial charge < -0.3 is 9.31 Å². The van der Waals surface area contributed by atoms with Crippen molar-refractivity contribution in [3.8, 4) is 5.82 Å². The molecule has 0 unspecified atom stereocenters. The Kier molecular flexibility index (Phi) is 1.78. The molecule has 1 fully saturated rings. The van der Waals surface area contributed by atoms with Crippen molar-refractivity contribution in [1.29, 1.82) is 0 Å². The Labute approximate surface area is 134 Å². The Hall–Kier alpha value is -1.73. The summed E-state index contributed by atoms with van der Waals surface area (Å²) < 4.78 is 66.9. The molecule has 0 N–H and O–H groups in total. The molecule has 1 saturated heterocycles. The minimum Gasteiger partial charge on any atom is -0.398 e. The van der Waals surface area contributed by atoms with Crippen LogP contribution in [-0.2, 0) is 9.31 Å². The van der Waals surface area contributed by atoms with Crippen molar-refractivity contribution < 1.29 is 18.9 Å². The predicted octanol–water partition coefficient (Wildman–Crippen LogP) is 1.27. The lowest BCUT2D eigenvalue weighted by atomic mass is 9.85. The third kappa shape index (κ3) is 2.47. The van der Waals surface area contributed by atoms with Crippen molar-refractivity contribution in [3.05, 3.63) is 30.0 Å². The van der Waals surface area contributed by atoms with E-state index >= 15 is 0 Å². The van der Waals surface area contributed by atoms with Gasteiger partial charge in [0.15, 0.2) is 5.82 Å². The van der Waals surface area contributed by atoms with Crippen LogP contribution in [0.3, 0.4) is 0 Å². The first-order valence-corrected chi connectivity index (χ1v) is 6.44. The number of rotatable bonds is 2. The molecule has 7 heteroatoms. The molecule has 2 aromatic heterocycles. The number of nitrogens with zero attached hydrogens (tertiary/aromatic N) is 4. The third-order valence-electron chi connectivity index (χ3n) is 3.71. The van der Waals surface area contributed by atoms with Crippen LogP contribution in [0.1, 0.15) is 43.0 Å². The van der Waals surface area contributed by atoms with Gasteiger partial charge in [-0.1, -0.05) is 0 Å². The molecule has 0 bridgehead atoms. The van der Waals surface area contributed by atoms with E-state index in [1.54, 1.807) is 0 Å². The highest BCUT2D eigenvalue weighted by molar-refractivity contribution is 6.61. The molecule has 1 aliphatic rings. The Balaban J connectivity index is 2.07. The van der Waals surface area contributed by atoms with Gasteiger partial charge in [0.25, 0.3) is 0 Å². The molecule has 0 atom stereocenters. The zero-order valence-corrected chi connectivity index (χ0v) is 12.2. The second kappa shape index (κ2) is 4.64. The van der Waals surface area contributed by atoms with Gasteiger partial charge in [0, 0.05) is 10.3 Å². The Morgan fingerprint density at radius 2 is 1.86 bits per heavy atom. The largest absolute Gasteiger partial charge is 0.516 e. The minimum atomic E-state index is -2.69. The summed E-state index contributed by atoms with van der Waals surface area (Å²) >= 11 is 0. The molecular formula is C14H19BN4O2. The Morgan fingerprint density at radius 1 is 1.14 bits per heavy atom. The normalized spacial score (nSPS) is 25.3. The molecule has 3 heterocycles. The third-order valence-corrected chi connectivity index (χ3v) is 3.71. The van der Waals surface area contributed by atoms with Gasteiger partial charge in [-0.3, -0.25) is 0 Å². The van der Waals surface area contributed by atoms with Crippen molar-refractivity contribution in [1.82, 2.24) is 20.0 Å². The van der Waals surface area contributed by atoms with E-state index in [0.717, 1.165) is 4.68 Å². The molecule has 0 amide bonds. The monoisotopic (exact) mass is 293 g/mol. The van der Waals surface area contributed by atoms with Crippen molar-refractivity contribution in [2.24, 2.45) is 0 Å². The molecule has 0 aliphatic carbocycles. The van der Waals surface area contributed by atoms with E-state index in [9.17, 15) is 0 Å². The predicted molar refractivity (Wildman–Crippen MR) is 79.6 cm³/mol. The van der Waals surface area contributed by atoms with Gasteiger partial charge in [0.1, 0.15) is 0 Å². The summed E-state index contributed by atoms with van der Waals surface area (Å²) in [7, 11) is -0.998. The molecule has 0 radical (unpaired) electrons. The van der Waals surface area contributed by atoms with Crippen molar-refractivity contribution in [3.63, 3.8) is 0 Å². The fourth-order valence-corrected chi connectivity index (χ4v) is 1.79. The van der Waals surface area contributed by atoms with Gasteiger partial charge in [-0.05, 0) is 52.7 Å². The van der Waals surface area contributed by atoms with Gasteiger partial charge in [0.05, 0.1) is 28.0 Å². The maximum absolute atomic E-state index is 8.18. The second-order valence-corrected chi connectivity index (χ2v) is 5.74. The first-order valence-electron chi connectivity index (χ1n) is 9.94. The van der Waals surface area contributed by atoms with Crippen molar-refractivity contribution in [2.75, 3.05) is 0 Å². The summed E-state index contributed by atoms with van der Waals surface area (Å²) in [5.74, 6) is -0.320. The first kappa shape index (κ1) is 8.05. The Morgan fingerprint density at radius 3 is 2.52 bits per heavy atom. The molecule has 0 spiro atoms. The van der Waals surface area contributed by atoms with E-state index in [2.05, 4.69) is 15.3 Å². The lowest BCUT2D eigenvalue weighted by Crippen LogP contribution is -2.41. The second-order valence-electron chi connectivity index (χ2n) is 5.74. The van der Waals surface area contributed by atoms with Gasteiger partial charge in [0.2, 0.25) is 0 Å². The van der Waals surface area contributed by atoms with E-state index < -0.39 is 49.1 Å². The highest BCUT2D eigenvalue weighted by Crippen LogP contribution is 2.36. The van der Waals surface area contributed by atoms with Crippen LogP contribution in [-0.4, -0.2) is 38.3 Å². The van der Waals surface area contributed by atoms with Crippen LogP contribution < -0.4 is 5.59 Å². The van der Waals surface area contributed by atoms with Crippen LogP contribution in [0, 0.1) is 6.85 Å². The van der Waals surface area contributed by atoms with E-state index in [0.29, 0.717) is 0 Å². The molecule has 1 aliphatic heterocycles. The fraction of sp³-hybridized carbons (Fsp3) is 0.500. The summed E-state index contributed by atoms with van der Waals surface area (Å²) in [4.78, 5) is 0. The first-order chi connectivity index (χ1) is 12.7. The van der Waals surface area contributed by atoms with Gasteiger partial charge in [-0.2, -0.15) is 10.2 Å². The Bertz CT molecular complexity index is 929. The lowest BCUT2D eigenvalue weighted by molar-refractivity contribution is 0.00578. The van der Waals surface area contributed by atoms with Crippen LogP contribution in [0.4, 0.5) is 0 Å². The van der Waals surface area contributed by atoms with E-state index in [1.165, 1.54) is 0 Å². The molecule has 21 heavy (non-hydrogen) atoms. The molecule has 2 aromatic rings. The SMILES string of the molecule is [2H]c1c(-n2nc(B3OC(C)(C)C(C)(C)O3)c([2H])c2[2H])nnc(C([2H])([2H])[2H])c1[2H]. The quantitative estimate of drug-likeness (QED) is 0.780. The molecule has 110 valence electrons. The highest BCUT2D eigenvalue weighted by atomic mass is 16.7. The average Bonchev–Trinajstić information content (AvgIpc) is 2.94. The molecule has 0 saturated carbocycles. The van der Waals surface area contributed by atoms with Crippen LogP contribution >= 0.6 is 0 Å². The van der Waals surface area contributed by atoms with E-state index in [4.69, 9.17) is 18.9 Å². The number of aryl methyl sites for hydroxylation is 1. The highest BCUT2D eigenvalue weighted by Gasteiger charge is 2.52. The number of hydrogen-bond acceptors (Lipinski definition) is 5. The van der Waals surface area contributed by atoms with Gasteiger partial charge >= 0.3 is 7.12 Å². The van der Waals surface area contributed by atoms with Gasteiger partial charge in [-0.15, -0.1) is 5.10 Å². The van der Waals surface area contributed by atoms with Crippen LogP contribution in [0.15, 0.2) is 24.3 Å². The minimum absolute atomic E-state index is 0.0243. The zero-order chi connectivity index (χ0) is 21.2. The summed E-state index contributed by atoms with van der Waals surface area (Å²) in [6.45, 7) is 4.65. The zero-order valence-electron chi connectivity index (χ0n) is 19.2. The van der Waals surface area contributed by atoms with Crippen molar-refractivity contribution >= 4 is 12.7 Å². The van der Waals surface area contributed by atoms with Crippen molar-refractivity contribution in [2.45, 2.75) is 45.7 Å². The summed E-state index contributed by atoms with van der Waals surface area (Å²) in [5, 5.41) is 11.3. The average molecular weight is 293 g/mol. The molecule has 3 rings (SSSR count). The number of hydrogen-bond donors (Lipinski definition) is 0. The summed E-state index contributed by atoms with van der Waals surface area (Å²) in [6.07, 6.45) is -0.409. The van der Waals surface area contributed by atoms with Crippen LogP contribution in [0.2, 0.25) is 0 Å². The van der Waals surface area contributed by atoms with Crippen LogP contribution in [0.25, 0.3) is 5.82 Å². The summed E-state index contributed by atoms with van der Waals surface area (Å²) in [6, 6.07) is -1.48. The maximum atomic E-state index is 8.18. The molecular weight excluding hydrogens is 267 g/mol. The molecule has 6 nitrogen and oxygen atoms in total. The smallest absolute Gasteiger partial charge is 0.398 e. The topological polar surface area (TPSA) is 62.1 Å². The number of aromatic nitrogens is 4. The lowest BCUT2D eigenvalue weighted by Gasteiger charge is -2.32. The fourth-order valence-electron chi connectivity index (χ4n) is 1.79. The van der Waals surface area contributed by atoms with Crippen LogP contribution in [0.5, 0.6) is 0 Å². The standard InChI is InChI=1S/C14H19BN4O2/c1-10-6-7-12(17-16-10)19-9-8-11(18-19)15-20-13(2,3)14(4,5)21-15/h6-9H,1-5H3/i1D3,6D,7D,8D,9D. The maximum Gasteiger partial charge on any atom is 0.516 e. The van der Waals surface area contributed by atoms with E-state index in [-0.39, 0.29) is 17.5 Å².